The quantitative estimate of drug-likeness (QED) is 0.746. The van der Waals surface area contributed by atoms with Crippen molar-refractivity contribution in [1.82, 2.24) is 19.9 Å². The predicted octanol–water partition coefficient (Wildman–Crippen LogP) is 1.78. The molecule has 2 heterocycles. The SMILES string of the molecule is NC(=O)c1cnc2c(C(=O)NC3(c4ccccc4F)CCC3)cnn2c1. The molecule has 0 unspecified atom stereocenters. The minimum absolute atomic E-state index is 0.189. The molecule has 1 aromatic carbocycles. The van der Waals surface area contributed by atoms with E-state index in [9.17, 15) is 14.0 Å². The molecule has 0 spiro atoms. The van der Waals surface area contributed by atoms with Crippen molar-refractivity contribution < 1.29 is 14.0 Å². The number of hydrogen-bond acceptors (Lipinski definition) is 4. The molecule has 0 saturated heterocycles. The van der Waals surface area contributed by atoms with Gasteiger partial charge in [0.05, 0.1) is 17.3 Å². The second-order valence-corrected chi connectivity index (χ2v) is 6.40. The van der Waals surface area contributed by atoms with E-state index in [1.807, 2.05) is 0 Å². The van der Waals surface area contributed by atoms with Gasteiger partial charge in [-0.1, -0.05) is 18.2 Å². The molecule has 1 fully saturated rings. The first-order valence-electron chi connectivity index (χ1n) is 8.21. The highest BCUT2D eigenvalue weighted by molar-refractivity contribution is 6.00. The lowest BCUT2D eigenvalue weighted by Crippen LogP contribution is -2.51. The Balaban J connectivity index is 1.67. The summed E-state index contributed by atoms with van der Waals surface area (Å²) >= 11 is 0. The van der Waals surface area contributed by atoms with E-state index in [0.717, 1.165) is 6.42 Å². The first kappa shape index (κ1) is 16.2. The number of halogens is 1. The lowest BCUT2D eigenvalue weighted by Gasteiger charge is -2.43. The number of primary amides is 1. The Hall–Kier alpha value is -3.29. The maximum Gasteiger partial charge on any atom is 0.257 e. The number of nitrogens with two attached hydrogens (primary N) is 1. The van der Waals surface area contributed by atoms with E-state index in [2.05, 4.69) is 15.4 Å². The normalized spacial score (nSPS) is 15.4. The smallest absolute Gasteiger partial charge is 0.257 e. The van der Waals surface area contributed by atoms with Gasteiger partial charge in [-0.2, -0.15) is 5.10 Å². The highest BCUT2D eigenvalue weighted by atomic mass is 19.1. The fourth-order valence-corrected chi connectivity index (χ4v) is 3.29. The van der Waals surface area contributed by atoms with Crippen LogP contribution in [0.15, 0.2) is 42.9 Å². The van der Waals surface area contributed by atoms with Crippen LogP contribution >= 0.6 is 0 Å². The van der Waals surface area contributed by atoms with Gasteiger partial charge in [0.2, 0.25) is 0 Å². The molecule has 26 heavy (non-hydrogen) atoms. The second kappa shape index (κ2) is 5.91. The number of benzene rings is 1. The third-order valence-electron chi connectivity index (χ3n) is 4.83. The van der Waals surface area contributed by atoms with Crippen molar-refractivity contribution in [3.63, 3.8) is 0 Å². The summed E-state index contributed by atoms with van der Waals surface area (Å²) in [7, 11) is 0. The Labute approximate surface area is 148 Å². The summed E-state index contributed by atoms with van der Waals surface area (Å²) in [6, 6.07) is 6.47. The van der Waals surface area contributed by atoms with E-state index in [0.29, 0.717) is 24.1 Å². The molecular weight excluding hydrogens is 337 g/mol. The highest BCUT2D eigenvalue weighted by Crippen LogP contribution is 2.42. The van der Waals surface area contributed by atoms with Gasteiger partial charge in [0, 0.05) is 18.0 Å². The van der Waals surface area contributed by atoms with E-state index in [1.165, 1.54) is 29.2 Å². The van der Waals surface area contributed by atoms with Crippen molar-refractivity contribution in [1.29, 1.82) is 0 Å². The van der Waals surface area contributed by atoms with Crippen LogP contribution < -0.4 is 11.1 Å². The van der Waals surface area contributed by atoms with Crippen LogP contribution in [0.5, 0.6) is 0 Å². The summed E-state index contributed by atoms with van der Waals surface area (Å²) in [6.07, 6.45) is 6.32. The van der Waals surface area contributed by atoms with Crippen LogP contribution in [-0.2, 0) is 5.54 Å². The average Bonchev–Trinajstić information content (AvgIpc) is 3.02. The molecule has 4 rings (SSSR count). The van der Waals surface area contributed by atoms with Crippen molar-refractivity contribution in [2.45, 2.75) is 24.8 Å². The molecule has 0 bridgehead atoms. The minimum atomic E-state index is -0.718. The fraction of sp³-hybridized carbons (Fsp3) is 0.222. The topological polar surface area (TPSA) is 102 Å². The Bertz CT molecular complexity index is 1030. The maximum atomic E-state index is 14.2. The van der Waals surface area contributed by atoms with Gasteiger partial charge in [-0.3, -0.25) is 9.59 Å². The van der Waals surface area contributed by atoms with Crippen molar-refractivity contribution in [3.8, 4) is 0 Å². The highest BCUT2D eigenvalue weighted by Gasteiger charge is 2.42. The van der Waals surface area contributed by atoms with Crippen molar-refractivity contribution >= 4 is 17.5 Å². The number of nitrogens with one attached hydrogen (secondary N) is 1. The van der Waals surface area contributed by atoms with Gasteiger partial charge in [0.15, 0.2) is 5.65 Å². The number of aromatic nitrogens is 3. The number of nitrogens with zero attached hydrogens (tertiary/aromatic N) is 3. The third-order valence-corrected chi connectivity index (χ3v) is 4.83. The Morgan fingerprint density at radius 1 is 1.23 bits per heavy atom. The van der Waals surface area contributed by atoms with Crippen LogP contribution in [0.25, 0.3) is 5.65 Å². The van der Waals surface area contributed by atoms with E-state index >= 15 is 0 Å². The molecule has 8 heteroatoms. The van der Waals surface area contributed by atoms with Gasteiger partial charge in [0.25, 0.3) is 11.8 Å². The molecule has 7 nitrogen and oxygen atoms in total. The maximum absolute atomic E-state index is 14.2. The summed E-state index contributed by atoms with van der Waals surface area (Å²) in [6.45, 7) is 0. The first-order valence-corrected chi connectivity index (χ1v) is 8.21. The number of fused-ring (bicyclic) bond motifs is 1. The Kier molecular flexibility index (Phi) is 3.68. The lowest BCUT2D eigenvalue weighted by atomic mass is 9.71. The largest absolute Gasteiger partial charge is 0.366 e. The molecule has 0 radical (unpaired) electrons. The molecule has 2 amide bonds. The molecule has 1 saturated carbocycles. The van der Waals surface area contributed by atoms with Crippen LogP contribution in [-0.4, -0.2) is 26.4 Å². The van der Waals surface area contributed by atoms with Gasteiger partial charge in [0.1, 0.15) is 11.4 Å². The van der Waals surface area contributed by atoms with E-state index in [-0.39, 0.29) is 22.9 Å². The van der Waals surface area contributed by atoms with Crippen molar-refractivity contribution in [2.75, 3.05) is 0 Å². The summed E-state index contributed by atoms with van der Waals surface area (Å²) in [5, 5.41) is 7.01. The number of carbonyl (C=O) groups is 2. The lowest BCUT2D eigenvalue weighted by molar-refractivity contribution is 0.0819. The summed E-state index contributed by atoms with van der Waals surface area (Å²) in [5.41, 5.74) is 5.74. The van der Waals surface area contributed by atoms with Gasteiger partial charge in [-0.25, -0.2) is 13.9 Å². The number of hydrogen-bond donors (Lipinski definition) is 2. The number of rotatable bonds is 4. The van der Waals surface area contributed by atoms with E-state index in [1.54, 1.807) is 18.2 Å². The molecule has 132 valence electrons. The monoisotopic (exact) mass is 353 g/mol. The Morgan fingerprint density at radius 2 is 2.00 bits per heavy atom. The van der Waals surface area contributed by atoms with Crippen LogP contribution in [0.1, 0.15) is 45.5 Å². The number of amides is 2. The summed E-state index contributed by atoms with van der Waals surface area (Å²) < 4.78 is 15.6. The van der Waals surface area contributed by atoms with Gasteiger partial charge in [-0.15, -0.1) is 0 Å². The second-order valence-electron chi connectivity index (χ2n) is 6.40. The summed E-state index contributed by atoms with van der Waals surface area (Å²) in [5.74, 6) is -1.35. The van der Waals surface area contributed by atoms with E-state index < -0.39 is 11.4 Å². The van der Waals surface area contributed by atoms with Gasteiger partial charge in [-0.05, 0) is 25.3 Å². The van der Waals surface area contributed by atoms with Gasteiger partial charge >= 0.3 is 0 Å². The van der Waals surface area contributed by atoms with Crippen molar-refractivity contribution in [2.24, 2.45) is 5.73 Å². The van der Waals surface area contributed by atoms with Crippen molar-refractivity contribution in [3.05, 3.63) is 65.4 Å². The molecule has 0 aliphatic heterocycles. The zero-order valence-corrected chi connectivity index (χ0v) is 13.8. The molecule has 1 aliphatic carbocycles. The van der Waals surface area contributed by atoms with Crippen LogP contribution in [0.2, 0.25) is 0 Å². The van der Waals surface area contributed by atoms with Crippen LogP contribution in [0.3, 0.4) is 0 Å². The molecular formula is C18H16FN5O2. The fourth-order valence-electron chi connectivity index (χ4n) is 3.29. The minimum Gasteiger partial charge on any atom is -0.366 e. The standard InChI is InChI=1S/C18H16FN5O2/c19-14-5-2-1-4-13(14)18(6-3-7-18)23-17(26)12-9-22-24-10-11(15(20)25)8-21-16(12)24/h1-2,4-5,8-10H,3,6-7H2,(H2,20,25)(H,23,26). The zero-order valence-electron chi connectivity index (χ0n) is 13.8. The molecule has 2 aromatic heterocycles. The molecule has 0 atom stereocenters. The zero-order chi connectivity index (χ0) is 18.3. The molecule has 1 aliphatic rings. The van der Waals surface area contributed by atoms with Gasteiger partial charge < -0.3 is 11.1 Å². The van der Waals surface area contributed by atoms with E-state index in [4.69, 9.17) is 5.73 Å². The summed E-state index contributed by atoms with van der Waals surface area (Å²) in [4.78, 5) is 28.2. The van der Waals surface area contributed by atoms with Crippen LogP contribution in [0.4, 0.5) is 4.39 Å². The third kappa shape index (κ3) is 2.50. The Morgan fingerprint density at radius 3 is 2.65 bits per heavy atom. The first-order chi connectivity index (χ1) is 12.5. The number of carbonyl (C=O) groups excluding carboxylic acids is 2. The average molecular weight is 353 g/mol. The predicted molar refractivity (Wildman–Crippen MR) is 90.9 cm³/mol. The van der Waals surface area contributed by atoms with Crippen LogP contribution in [0, 0.1) is 5.82 Å². The molecule has 3 aromatic rings. The molecule has 3 N–H and O–H groups in total.